The molecule has 0 fully saturated rings. The second-order valence-electron chi connectivity index (χ2n) is 7.07. The van der Waals surface area contributed by atoms with Crippen molar-refractivity contribution in [1.82, 2.24) is 9.97 Å². The van der Waals surface area contributed by atoms with E-state index in [4.69, 9.17) is 15.6 Å². The number of hydrogen-bond acceptors (Lipinski definition) is 7. The molecule has 0 aliphatic carbocycles. The monoisotopic (exact) mass is 417 g/mol. The van der Waals surface area contributed by atoms with Gasteiger partial charge in [0.1, 0.15) is 11.5 Å². The lowest BCUT2D eigenvalue weighted by molar-refractivity contribution is -0.134. The maximum Gasteiger partial charge on any atom is 0.300 e. The fourth-order valence-corrected chi connectivity index (χ4v) is 3.18. The van der Waals surface area contributed by atoms with Gasteiger partial charge >= 0.3 is 0 Å². The van der Waals surface area contributed by atoms with Crippen molar-refractivity contribution in [2.24, 2.45) is 4.99 Å². The summed E-state index contributed by atoms with van der Waals surface area (Å²) in [4.78, 5) is 34.3. The van der Waals surface area contributed by atoms with Crippen LogP contribution in [0.25, 0.3) is 0 Å². The summed E-state index contributed by atoms with van der Waals surface area (Å²) in [5, 5.41) is 10.6. The van der Waals surface area contributed by atoms with Crippen LogP contribution in [0, 0.1) is 6.92 Å². The summed E-state index contributed by atoms with van der Waals surface area (Å²) < 4.78 is 0. The number of aliphatic carboxylic acids is 1. The van der Waals surface area contributed by atoms with Crippen LogP contribution >= 0.6 is 0 Å². The Morgan fingerprint density at radius 2 is 1.94 bits per heavy atom. The lowest BCUT2D eigenvalue weighted by Gasteiger charge is -2.09. The normalized spacial score (nSPS) is 11.6. The number of carbonyl (C=O) groups excluding carboxylic acids is 1. The van der Waals surface area contributed by atoms with Gasteiger partial charge in [-0.2, -0.15) is 4.98 Å². The van der Waals surface area contributed by atoms with E-state index in [-0.39, 0.29) is 11.7 Å². The van der Waals surface area contributed by atoms with Crippen LogP contribution in [0.5, 0.6) is 0 Å². The van der Waals surface area contributed by atoms with Crippen LogP contribution in [0.4, 0.5) is 17.5 Å². The number of anilines is 3. The number of nitrogen functional groups attached to an aromatic ring is 1. The molecule has 8 nitrogen and oxygen atoms in total. The average molecular weight is 417 g/mol. The van der Waals surface area contributed by atoms with Crippen molar-refractivity contribution in [3.8, 4) is 0 Å². The molecule has 0 saturated heterocycles. The van der Waals surface area contributed by atoms with E-state index in [1.165, 1.54) is 0 Å². The number of aliphatic imine (C=N–C) groups is 1. The first-order valence-corrected chi connectivity index (χ1v) is 9.63. The lowest BCUT2D eigenvalue weighted by Crippen LogP contribution is -2.16. The van der Waals surface area contributed by atoms with Crippen LogP contribution in [-0.2, 0) is 22.6 Å². The Labute approximate surface area is 179 Å². The fraction of sp³-hybridized carbons (Fsp3) is 0.174. The number of carboxylic acid groups (broad SMARTS) is 1. The average Bonchev–Trinajstić information content (AvgIpc) is 3.11. The molecule has 3 aromatic rings. The topological polar surface area (TPSA) is 131 Å². The van der Waals surface area contributed by atoms with Crippen LogP contribution in [-0.4, -0.2) is 32.5 Å². The van der Waals surface area contributed by atoms with E-state index in [0.29, 0.717) is 24.5 Å². The molecule has 0 atom stereocenters. The summed E-state index contributed by atoms with van der Waals surface area (Å²) in [6.45, 7) is 3.64. The second kappa shape index (κ2) is 9.62. The molecule has 0 amide bonds. The Morgan fingerprint density at radius 1 is 1.16 bits per heavy atom. The predicted molar refractivity (Wildman–Crippen MR) is 120 cm³/mol. The molecule has 158 valence electrons. The van der Waals surface area contributed by atoms with Gasteiger partial charge < -0.3 is 16.2 Å². The molecular formula is C23H23N5O3. The summed E-state index contributed by atoms with van der Waals surface area (Å²) >= 11 is 0. The van der Waals surface area contributed by atoms with E-state index in [1.807, 2.05) is 49.4 Å². The van der Waals surface area contributed by atoms with E-state index >= 15 is 0 Å². The Bertz CT molecular complexity index is 1150. The van der Waals surface area contributed by atoms with Gasteiger partial charge in [0.05, 0.1) is 6.54 Å². The Morgan fingerprint density at radius 3 is 2.65 bits per heavy atom. The molecule has 0 unspecified atom stereocenters. The highest BCUT2D eigenvalue weighted by atomic mass is 16.4. The number of aryl methyl sites for hydroxylation is 1. The predicted octanol–water partition coefficient (Wildman–Crippen LogP) is 3.32. The molecule has 0 spiro atoms. The zero-order valence-electron chi connectivity index (χ0n) is 17.3. The quantitative estimate of drug-likeness (QED) is 0.580. The first-order valence-electron chi connectivity index (χ1n) is 9.63. The van der Waals surface area contributed by atoms with Crippen molar-refractivity contribution in [2.75, 3.05) is 11.1 Å². The van der Waals surface area contributed by atoms with Crippen molar-refractivity contribution in [3.05, 3.63) is 77.0 Å². The number of ketones is 1. The number of nitrogens with two attached hydrogens (primary N) is 1. The maximum absolute atomic E-state index is 12.8. The van der Waals surface area contributed by atoms with E-state index in [9.17, 15) is 4.79 Å². The molecule has 0 radical (unpaired) electrons. The van der Waals surface area contributed by atoms with Gasteiger partial charge in [0.25, 0.3) is 5.97 Å². The Kier molecular flexibility index (Phi) is 6.71. The van der Waals surface area contributed by atoms with E-state index < -0.39 is 5.97 Å². The van der Waals surface area contributed by atoms with Gasteiger partial charge in [-0.05, 0) is 36.2 Å². The first kappa shape index (κ1) is 21.6. The zero-order valence-corrected chi connectivity index (χ0v) is 17.3. The zero-order chi connectivity index (χ0) is 22.4. The molecule has 8 heteroatoms. The van der Waals surface area contributed by atoms with Crippen LogP contribution in [0.3, 0.4) is 0 Å². The molecule has 2 heterocycles. The van der Waals surface area contributed by atoms with Crippen molar-refractivity contribution >= 4 is 34.9 Å². The van der Waals surface area contributed by atoms with E-state index in [2.05, 4.69) is 20.3 Å². The summed E-state index contributed by atoms with van der Waals surface area (Å²) in [7, 11) is 0. The number of nitrogens with one attached hydrogen (secondary N) is 1. The highest BCUT2D eigenvalue weighted by Gasteiger charge is 2.22. The fourth-order valence-electron chi connectivity index (χ4n) is 3.18. The van der Waals surface area contributed by atoms with Gasteiger partial charge in [0, 0.05) is 30.8 Å². The van der Waals surface area contributed by atoms with Gasteiger partial charge in [-0.1, -0.05) is 35.9 Å². The largest absolute Gasteiger partial charge is 0.481 e. The van der Waals surface area contributed by atoms with Crippen molar-refractivity contribution < 1.29 is 14.7 Å². The third kappa shape index (κ3) is 5.96. The van der Waals surface area contributed by atoms with Crippen LogP contribution < -0.4 is 11.1 Å². The van der Waals surface area contributed by atoms with Gasteiger partial charge in [-0.15, -0.1) is 0 Å². The first-order chi connectivity index (χ1) is 14.8. The van der Waals surface area contributed by atoms with Crippen LogP contribution in [0.2, 0.25) is 0 Å². The summed E-state index contributed by atoms with van der Waals surface area (Å²) in [5.74, 6) is 0.00421. The molecule has 31 heavy (non-hydrogen) atoms. The number of hydrogen-bond donors (Lipinski definition) is 3. The molecule has 2 aromatic carbocycles. The molecule has 0 bridgehead atoms. The molecule has 4 N–H and O–H groups in total. The maximum atomic E-state index is 12.8. The second-order valence-corrected chi connectivity index (χ2v) is 7.07. The smallest absolute Gasteiger partial charge is 0.300 e. The SMILES string of the molecule is CC(=O)O.Cc1cccc(CC(=O)C2=NCc3ccc(Nc4ccnc(N)n4)cc32)c1. The number of carboxylic acids is 1. The number of nitrogens with zero attached hydrogens (tertiary/aromatic N) is 3. The summed E-state index contributed by atoms with van der Waals surface area (Å²) in [6, 6.07) is 15.6. The molecule has 1 aliphatic rings. The van der Waals surface area contributed by atoms with Gasteiger partial charge in [0.2, 0.25) is 5.95 Å². The van der Waals surface area contributed by atoms with E-state index in [1.54, 1.807) is 12.3 Å². The third-order valence-electron chi connectivity index (χ3n) is 4.43. The number of Topliss-reactive ketones (excluding diaryl/α,β-unsaturated/α-hetero) is 1. The highest BCUT2D eigenvalue weighted by Crippen LogP contribution is 2.25. The number of rotatable bonds is 5. The number of fused-ring (bicyclic) bond motifs is 1. The van der Waals surface area contributed by atoms with Crippen molar-refractivity contribution in [1.29, 1.82) is 0 Å². The molecule has 0 saturated carbocycles. The molecule has 4 rings (SSSR count). The lowest BCUT2D eigenvalue weighted by atomic mass is 9.98. The van der Waals surface area contributed by atoms with Crippen molar-refractivity contribution in [2.45, 2.75) is 26.8 Å². The van der Waals surface area contributed by atoms with Crippen LogP contribution in [0.1, 0.15) is 29.2 Å². The highest BCUT2D eigenvalue weighted by molar-refractivity contribution is 6.47. The minimum absolute atomic E-state index is 0.0304. The molecule has 1 aromatic heterocycles. The minimum atomic E-state index is -0.833. The number of carbonyl (C=O) groups is 2. The summed E-state index contributed by atoms with van der Waals surface area (Å²) in [5.41, 5.74) is 11.1. The van der Waals surface area contributed by atoms with Crippen LogP contribution in [0.15, 0.2) is 59.7 Å². The number of aromatic nitrogens is 2. The standard InChI is InChI=1S/C21H19N5O.C2H4O2/c1-13-3-2-4-14(9-13)10-18(27)20-17-11-16(6-5-15(17)12-24-20)25-19-7-8-23-21(22)26-19;1-2(3)4/h2-9,11H,10,12H2,1H3,(H3,22,23,25,26);1H3,(H,3,4). The van der Waals surface area contributed by atoms with Gasteiger partial charge in [-0.3, -0.25) is 14.6 Å². The number of benzene rings is 2. The Balaban J connectivity index is 0.000000628. The third-order valence-corrected chi connectivity index (χ3v) is 4.43. The Hall–Kier alpha value is -4.07. The van der Waals surface area contributed by atoms with Gasteiger partial charge in [0.15, 0.2) is 5.78 Å². The van der Waals surface area contributed by atoms with Gasteiger partial charge in [-0.25, -0.2) is 4.98 Å². The minimum Gasteiger partial charge on any atom is -0.481 e. The van der Waals surface area contributed by atoms with Crippen molar-refractivity contribution in [3.63, 3.8) is 0 Å². The molecular weight excluding hydrogens is 394 g/mol. The van der Waals surface area contributed by atoms with E-state index in [0.717, 1.165) is 34.9 Å². The molecule has 1 aliphatic heterocycles. The summed E-state index contributed by atoms with van der Waals surface area (Å²) in [6.07, 6.45) is 1.94.